The quantitative estimate of drug-likeness (QED) is 0.714. The molecule has 1 rings (SSSR count). The van der Waals surface area contributed by atoms with E-state index >= 15 is 0 Å². The van der Waals surface area contributed by atoms with Crippen molar-refractivity contribution in [3.05, 3.63) is 24.3 Å². The van der Waals surface area contributed by atoms with Crippen LogP contribution in [0.4, 0.5) is 5.69 Å². The van der Waals surface area contributed by atoms with Crippen LogP contribution in [0, 0.1) is 11.3 Å². The van der Waals surface area contributed by atoms with Crippen LogP contribution in [0.1, 0.15) is 48.0 Å². The molecule has 0 unspecified atom stereocenters. The van der Waals surface area contributed by atoms with E-state index in [-0.39, 0.29) is 17.9 Å². The lowest BCUT2D eigenvalue weighted by atomic mass is 9.90. The molecule has 0 atom stereocenters. The second kappa shape index (κ2) is 8.71. The van der Waals surface area contributed by atoms with Crippen LogP contribution in [0.2, 0.25) is 0 Å². The van der Waals surface area contributed by atoms with Crippen LogP contribution in [-0.4, -0.2) is 24.5 Å². The van der Waals surface area contributed by atoms with Gasteiger partial charge in [-0.25, -0.2) is 0 Å². The number of nitrogens with one attached hydrogen (secondary N) is 2. The fourth-order valence-corrected chi connectivity index (χ4v) is 1.97. The number of anilines is 1. The van der Waals surface area contributed by atoms with Crippen molar-refractivity contribution in [2.24, 2.45) is 11.3 Å². The number of amides is 2. The second-order valence-corrected chi connectivity index (χ2v) is 7.21. The van der Waals surface area contributed by atoms with E-state index in [4.69, 9.17) is 4.74 Å². The first-order valence-electron chi connectivity index (χ1n) is 8.49. The van der Waals surface area contributed by atoms with Crippen molar-refractivity contribution in [1.29, 1.82) is 0 Å². The minimum absolute atomic E-state index is 0.0962. The summed E-state index contributed by atoms with van der Waals surface area (Å²) in [6, 6.07) is 7.13. The molecule has 0 aliphatic heterocycles. The van der Waals surface area contributed by atoms with Gasteiger partial charge in [0.2, 0.25) is 11.8 Å². The zero-order chi connectivity index (χ0) is 18.3. The predicted octanol–water partition coefficient (Wildman–Crippen LogP) is 3.60. The molecule has 2 amide bonds. The molecule has 5 heteroatoms. The summed E-state index contributed by atoms with van der Waals surface area (Å²) in [5.41, 5.74) is -0.497. The van der Waals surface area contributed by atoms with Crippen LogP contribution in [0.15, 0.2) is 24.3 Å². The third-order valence-corrected chi connectivity index (χ3v) is 3.63. The van der Waals surface area contributed by atoms with Crippen LogP contribution < -0.4 is 15.4 Å². The maximum absolute atomic E-state index is 12.4. The smallest absolute Gasteiger partial charge is 0.239 e. The van der Waals surface area contributed by atoms with E-state index in [0.29, 0.717) is 18.2 Å². The van der Waals surface area contributed by atoms with Crippen LogP contribution in [-0.2, 0) is 9.59 Å². The van der Waals surface area contributed by atoms with Gasteiger partial charge in [-0.15, -0.1) is 0 Å². The van der Waals surface area contributed by atoms with E-state index in [2.05, 4.69) is 24.5 Å². The zero-order valence-electron chi connectivity index (χ0n) is 15.6. The highest BCUT2D eigenvalue weighted by Crippen LogP contribution is 2.21. The Hall–Kier alpha value is -2.04. The van der Waals surface area contributed by atoms with Crippen LogP contribution in [0.5, 0.6) is 5.75 Å². The molecule has 0 fully saturated rings. The molecule has 0 aliphatic rings. The Balaban J connectivity index is 2.62. The van der Waals surface area contributed by atoms with Gasteiger partial charge in [0.05, 0.1) is 6.10 Å². The maximum Gasteiger partial charge on any atom is 0.239 e. The summed E-state index contributed by atoms with van der Waals surface area (Å²) in [6.45, 7) is 11.9. The number of hydrogen-bond donors (Lipinski definition) is 2. The molecule has 2 N–H and O–H groups in total. The summed E-state index contributed by atoms with van der Waals surface area (Å²) < 4.78 is 5.57. The van der Waals surface area contributed by atoms with Gasteiger partial charge in [0.25, 0.3) is 0 Å². The molecule has 0 aliphatic carbocycles. The summed E-state index contributed by atoms with van der Waals surface area (Å²) in [5.74, 6) is 0.657. The molecule has 0 saturated carbocycles. The molecule has 0 saturated heterocycles. The lowest BCUT2D eigenvalue weighted by molar-refractivity contribution is -0.138. The van der Waals surface area contributed by atoms with Crippen LogP contribution in [0.3, 0.4) is 0 Å². The Morgan fingerprint density at radius 1 is 1.04 bits per heavy atom. The summed E-state index contributed by atoms with van der Waals surface area (Å²) in [6.07, 6.45) is 0.986. The summed E-state index contributed by atoms with van der Waals surface area (Å²) in [4.78, 5) is 24.7. The fourth-order valence-electron chi connectivity index (χ4n) is 1.97. The Labute approximate surface area is 145 Å². The number of benzene rings is 1. The number of carbonyl (C=O) groups excluding carboxylic acids is 2. The van der Waals surface area contributed by atoms with Gasteiger partial charge in [0.1, 0.15) is 11.2 Å². The van der Waals surface area contributed by atoms with Crippen molar-refractivity contribution in [3.8, 4) is 5.75 Å². The molecular weight excluding hydrogens is 304 g/mol. The molecule has 0 heterocycles. The molecule has 134 valence electrons. The van der Waals surface area contributed by atoms with Crippen LogP contribution in [0.25, 0.3) is 0 Å². The van der Waals surface area contributed by atoms with Gasteiger partial charge >= 0.3 is 0 Å². The summed E-state index contributed by atoms with van der Waals surface area (Å²) in [5, 5.41) is 5.62. The van der Waals surface area contributed by atoms with Crippen LogP contribution >= 0.6 is 0 Å². The highest BCUT2D eigenvalue weighted by molar-refractivity contribution is 6.09. The van der Waals surface area contributed by atoms with Gasteiger partial charge < -0.3 is 15.4 Å². The van der Waals surface area contributed by atoms with Gasteiger partial charge in [-0.2, -0.15) is 0 Å². The maximum atomic E-state index is 12.4. The average Bonchev–Trinajstić information content (AvgIpc) is 2.48. The van der Waals surface area contributed by atoms with Gasteiger partial charge in [0, 0.05) is 12.2 Å². The van der Waals surface area contributed by atoms with Gasteiger partial charge in [-0.1, -0.05) is 13.8 Å². The van der Waals surface area contributed by atoms with E-state index < -0.39 is 5.41 Å². The van der Waals surface area contributed by atoms with Gasteiger partial charge in [0.15, 0.2) is 0 Å². The molecule has 1 aromatic rings. The lowest BCUT2D eigenvalue weighted by Crippen LogP contribution is -2.45. The highest BCUT2D eigenvalue weighted by atomic mass is 16.5. The molecule has 0 aromatic heterocycles. The number of ether oxygens (including phenoxy) is 1. The van der Waals surface area contributed by atoms with E-state index in [9.17, 15) is 9.59 Å². The Morgan fingerprint density at radius 3 is 2.12 bits per heavy atom. The van der Waals surface area contributed by atoms with Crippen molar-refractivity contribution in [3.63, 3.8) is 0 Å². The Kier molecular flexibility index (Phi) is 7.26. The second-order valence-electron chi connectivity index (χ2n) is 7.21. The van der Waals surface area contributed by atoms with E-state index in [1.807, 2.05) is 13.8 Å². The minimum atomic E-state index is -1.13. The normalized spacial score (nSPS) is 11.5. The van der Waals surface area contributed by atoms with Crippen molar-refractivity contribution < 1.29 is 14.3 Å². The van der Waals surface area contributed by atoms with Gasteiger partial charge in [-0.3, -0.25) is 9.59 Å². The molecule has 0 spiro atoms. The molecule has 0 bridgehead atoms. The van der Waals surface area contributed by atoms with Gasteiger partial charge in [-0.05, 0) is 64.3 Å². The minimum Gasteiger partial charge on any atom is -0.491 e. The van der Waals surface area contributed by atoms with Crippen molar-refractivity contribution in [2.45, 2.75) is 54.1 Å². The van der Waals surface area contributed by atoms with Crippen molar-refractivity contribution in [1.82, 2.24) is 5.32 Å². The van der Waals surface area contributed by atoms with E-state index in [1.54, 1.807) is 38.1 Å². The van der Waals surface area contributed by atoms with Crippen molar-refractivity contribution >= 4 is 17.5 Å². The SMILES string of the molecule is CC(C)CCNC(=O)C(C)(C)C(=O)Nc1ccc(OC(C)C)cc1. The van der Waals surface area contributed by atoms with E-state index in [1.165, 1.54) is 0 Å². The fraction of sp³-hybridized carbons (Fsp3) is 0.579. The average molecular weight is 334 g/mol. The standard InChI is InChI=1S/C19H30N2O3/c1-13(2)11-12-20-17(22)19(5,6)18(23)21-15-7-9-16(10-8-15)24-14(3)4/h7-10,13-14H,11-12H2,1-6H3,(H,20,22)(H,21,23). The first-order chi connectivity index (χ1) is 11.1. The predicted molar refractivity (Wildman–Crippen MR) is 97.1 cm³/mol. The number of carbonyl (C=O) groups is 2. The topological polar surface area (TPSA) is 67.4 Å². The monoisotopic (exact) mass is 334 g/mol. The molecule has 0 radical (unpaired) electrons. The summed E-state index contributed by atoms with van der Waals surface area (Å²) >= 11 is 0. The first-order valence-corrected chi connectivity index (χ1v) is 8.49. The molecule has 24 heavy (non-hydrogen) atoms. The Morgan fingerprint density at radius 2 is 1.62 bits per heavy atom. The molecular formula is C19H30N2O3. The highest BCUT2D eigenvalue weighted by Gasteiger charge is 2.35. The molecule has 5 nitrogen and oxygen atoms in total. The third-order valence-electron chi connectivity index (χ3n) is 3.63. The lowest BCUT2D eigenvalue weighted by Gasteiger charge is -2.23. The molecule has 1 aromatic carbocycles. The number of hydrogen-bond acceptors (Lipinski definition) is 3. The zero-order valence-corrected chi connectivity index (χ0v) is 15.6. The van der Waals surface area contributed by atoms with Crippen molar-refractivity contribution in [2.75, 3.05) is 11.9 Å². The third kappa shape index (κ3) is 6.22. The number of rotatable bonds is 8. The summed E-state index contributed by atoms with van der Waals surface area (Å²) in [7, 11) is 0. The largest absolute Gasteiger partial charge is 0.491 e. The van der Waals surface area contributed by atoms with E-state index in [0.717, 1.165) is 12.2 Å². The first kappa shape index (κ1) is 20.0. The Bertz CT molecular complexity index is 548.